The maximum absolute atomic E-state index is 14.0. The van der Waals surface area contributed by atoms with Gasteiger partial charge >= 0.3 is 0 Å². The lowest BCUT2D eigenvalue weighted by Gasteiger charge is -2.32. The SMILES string of the molecule is CCOc1ccc(N(CC(=O)N(CCc2ccccc2)[C@H](C)C(=O)N[C@@H](C)CC)S(=O)(=O)c2ccc(Br)cc2)cc1. The average Bonchev–Trinajstić information content (AvgIpc) is 2.97. The number of nitrogens with one attached hydrogen (secondary N) is 1. The highest BCUT2D eigenvalue weighted by molar-refractivity contribution is 9.10. The van der Waals surface area contributed by atoms with E-state index >= 15 is 0 Å². The molecule has 2 atom stereocenters. The van der Waals surface area contributed by atoms with Gasteiger partial charge < -0.3 is 15.0 Å². The number of anilines is 1. The van der Waals surface area contributed by atoms with Crippen LogP contribution in [-0.2, 0) is 26.0 Å². The van der Waals surface area contributed by atoms with E-state index < -0.39 is 28.5 Å². The van der Waals surface area contributed by atoms with Crippen molar-refractivity contribution in [1.82, 2.24) is 10.2 Å². The molecule has 0 aliphatic heterocycles. The predicted octanol–water partition coefficient (Wildman–Crippen LogP) is 5.42. The highest BCUT2D eigenvalue weighted by Gasteiger charge is 2.32. The van der Waals surface area contributed by atoms with Gasteiger partial charge in [0.2, 0.25) is 11.8 Å². The van der Waals surface area contributed by atoms with E-state index in [-0.39, 0.29) is 23.4 Å². The lowest BCUT2D eigenvalue weighted by molar-refractivity contribution is -0.139. The van der Waals surface area contributed by atoms with E-state index in [0.29, 0.717) is 24.5 Å². The first-order chi connectivity index (χ1) is 19.6. The summed E-state index contributed by atoms with van der Waals surface area (Å²) in [5, 5.41) is 2.94. The molecule has 10 heteroatoms. The van der Waals surface area contributed by atoms with Gasteiger partial charge in [0, 0.05) is 17.1 Å². The minimum absolute atomic E-state index is 0.0424. The first-order valence-corrected chi connectivity index (χ1v) is 15.9. The van der Waals surface area contributed by atoms with Crippen molar-refractivity contribution in [1.29, 1.82) is 0 Å². The molecule has 220 valence electrons. The average molecular weight is 645 g/mol. The van der Waals surface area contributed by atoms with Crippen LogP contribution < -0.4 is 14.4 Å². The third kappa shape index (κ3) is 8.81. The molecule has 8 nitrogen and oxygen atoms in total. The summed E-state index contributed by atoms with van der Waals surface area (Å²) in [6.07, 6.45) is 1.25. The van der Waals surface area contributed by atoms with Crippen LogP contribution in [0.15, 0.2) is 88.2 Å². The Balaban J connectivity index is 1.98. The normalized spacial score (nSPS) is 12.7. The molecule has 0 bridgehead atoms. The molecule has 41 heavy (non-hydrogen) atoms. The number of ether oxygens (including phenoxy) is 1. The summed E-state index contributed by atoms with van der Waals surface area (Å²) in [5.74, 6) is -0.185. The number of hydrogen-bond donors (Lipinski definition) is 1. The predicted molar refractivity (Wildman–Crippen MR) is 166 cm³/mol. The molecule has 3 aromatic rings. The maximum Gasteiger partial charge on any atom is 0.264 e. The van der Waals surface area contributed by atoms with Gasteiger partial charge in [-0.05, 0) is 87.7 Å². The summed E-state index contributed by atoms with van der Waals surface area (Å²) in [6, 6.07) is 21.6. The molecule has 0 spiro atoms. The van der Waals surface area contributed by atoms with Crippen LogP contribution in [0.3, 0.4) is 0 Å². The van der Waals surface area contributed by atoms with Gasteiger partial charge in [0.25, 0.3) is 10.0 Å². The maximum atomic E-state index is 14.0. The minimum Gasteiger partial charge on any atom is -0.494 e. The van der Waals surface area contributed by atoms with Crippen LogP contribution in [0, 0.1) is 0 Å². The van der Waals surface area contributed by atoms with Gasteiger partial charge in [-0.25, -0.2) is 8.42 Å². The van der Waals surface area contributed by atoms with Gasteiger partial charge in [0.15, 0.2) is 0 Å². The van der Waals surface area contributed by atoms with Crippen molar-refractivity contribution in [2.75, 3.05) is 24.0 Å². The molecular formula is C31H38BrN3O5S. The lowest BCUT2D eigenvalue weighted by Crippen LogP contribution is -2.53. The molecule has 0 heterocycles. The Labute approximate surface area is 251 Å². The molecule has 0 saturated carbocycles. The van der Waals surface area contributed by atoms with Crippen LogP contribution in [0.4, 0.5) is 5.69 Å². The van der Waals surface area contributed by atoms with E-state index in [0.717, 1.165) is 20.8 Å². The number of carbonyl (C=O) groups excluding carboxylic acids is 2. The molecule has 0 aliphatic carbocycles. The Morgan fingerprint density at radius 2 is 1.56 bits per heavy atom. The van der Waals surface area contributed by atoms with Crippen LogP contribution in [-0.4, -0.2) is 56.9 Å². The zero-order valence-electron chi connectivity index (χ0n) is 23.9. The van der Waals surface area contributed by atoms with Crippen LogP contribution in [0.25, 0.3) is 0 Å². The van der Waals surface area contributed by atoms with Gasteiger partial charge in [-0.2, -0.15) is 0 Å². The van der Waals surface area contributed by atoms with Crippen molar-refractivity contribution in [2.24, 2.45) is 0 Å². The minimum atomic E-state index is -4.14. The van der Waals surface area contributed by atoms with Crippen molar-refractivity contribution >= 4 is 43.5 Å². The van der Waals surface area contributed by atoms with Gasteiger partial charge in [0.05, 0.1) is 17.2 Å². The first kappa shape index (κ1) is 32.1. The molecular weight excluding hydrogens is 606 g/mol. The largest absolute Gasteiger partial charge is 0.494 e. The molecule has 0 fully saturated rings. The second kappa shape index (κ2) is 15.0. The van der Waals surface area contributed by atoms with Crippen molar-refractivity contribution in [3.63, 3.8) is 0 Å². The fourth-order valence-electron chi connectivity index (χ4n) is 4.17. The summed E-state index contributed by atoms with van der Waals surface area (Å²) in [4.78, 5) is 28.6. The van der Waals surface area contributed by atoms with E-state index in [1.807, 2.05) is 51.1 Å². The quantitative estimate of drug-likeness (QED) is 0.253. The van der Waals surface area contributed by atoms with E-state index in [2.05, 4.69) is 21.2 Å². The van der Waals surface area contributed by atoms with Crippen LogP contribution in [0.1, 0.15) is 39.7 Å². The van der Waals surface area contributed by atoms with Crippen molar-refractivity contribution in [3.05, 3.63) is 88.9 Å². The number of amides is 2. The Morgan fingerprint density at radius 3 is 2.15 bits per heavy atom. The molecule has 3 rings (SSSR count). The summed E-state index contributed by atoms with van der Waals surface area (Å²) in [6.45, 7) is 7.63. The number of halogens is 1. The van der Waals surface area contributed by atoms with Gasteiger partial charge in [-0.1, -0.05) is 53.2 Å². The lowest BCUT2D eigenvalue weighted by atomic mass is 10.1. The zero-order chi connectivity index (χ0) is 30.0. The monoisotopic (exact) mass is 643 g/mol. The summed E-state index contributed by atoms with van der Waals surface area (Å²) < 4.78 is 35.2. The van der Waals surface area contributed by atoms with Crippen molar-refractivity contribution in [2.45, 2.75) is 57.5 Å². The number of hydrogen-bond acceptors (Lipinski definition) is 5. The topological polar surface area (TPSA) is 96.0 Å². The molecule has 2 amide bonds. The van der Waals surface area contributed by atoms with Crippen LogP contribution in [0.5, 0.6) is 5.75 Å². The van der Waals surface area contributed by atoms with Crippen LogP contribution >= 0.6 is 15.9 Å². The first-order valence-electron chi connectivity index (χ1n) is 13.7. The van der Waals surface area contributed by atoms with E-state index in [1.165, 1.54) is 17.0 Å². The van der Waals surface area contributed by atoms with Gasteiger partial charge in [0.1, 0.15) is 18.3 Å². The molecule has 0 aromatic heterocycles. The molecule has 3 aromatic carbocycles. The summed E-state index contributed by atoms with van der Waals surface area (Å²) >= 11 is 3.34. The van der Waals surface area contributed by atoms with Crippen LogP contribution in [0.2, 0.25) is 0 Å². The van der Waals surface area contributed by atoms with Gasteiger partial charge in [-0.3, -0.25) is 13.9 Å². The smallest absolute Gasteiger partial charge is 0.264 e. The summed E-state index contributed by atoms with van der Waals surface area (Å²) in [7, 11) is -4.14. The standard InChI is InChI=1S/C31H38BrN3O5S/c1-5-23(3)33-31(37)24(4)34(21-20-25-10-8-7-9-11-25)30(36)22-35(27-14-16-28(17-15-27)40-6-2)41(38,39)29-18-12-26(32)13-19-29/h7-19,23-24H,5-6,20-22H2,1-4H3,(H,33,37)/t23-,24+/m0/s1. The second-order valence-electron chi connectivity index (χ2n) is 9.71. The Hall–Kier alpha value is -3.37. The highest BCUT2D eigenvalue weighted by Crippen LogP contribution is 2.27. The van der Waals surface area contributed by atoms with Crippen molar-refractivity contribution in [3.8, 4) is 5.75 Å². The van der Waals surface area contributed by atoms with Gasteiger partial charge in [-0.15, -0.1) is 0 Å². The Kier molecular flexibility index (Phi) is 11.8. The highest BCUT2D eigenvalue weighted by atomic mass is 79.9. The summed E-state index contributed by atoms with van der Waals surface area (Å²) in [5.41, 5.74) is 1.31. The Bertz CT molecular complexity index is 1380. The molecule has 0 unspecified atom stereocenters. The number of nitrogens with zero attached hydrogens (tertiary/aromatic N) is 2. The third-order valence-electron chi connectivity index (χ3n) is 6.77. The van der Waals surface area contributed by atoms with Crippen molar-refractivity contribution < 1.29 is 22.7 Å². The molecule has 0 aliphatic rings. The van der Waals surface area contributed by atoms with E-state index in [4.69, 9.17) is 4.74 Å². The molecule has 0 saturated heterocycles. The Morgan fingerprint density at radius 1 is 0.927 bits per heavy atom. The molecule has 1 N–H and O–H groups in total. The fourth-order valence-corrected chi connectivity index (χ4v) is 5.85. The second-order valence-corrected chi connectivity index (χ2v) is 12.5. The number of carbonyl (C=O) groups is 2. The zero-order valence-corrected chi connectivity index (χ0v) is 26.3. The number of benzene rings is 3. The fraction of sp³-hybridized carbons (Fsp3) is 0.355. The van der Waals surface area contributed by atoms with E-state index in [1.54, 1.807) is 43.3 Å². The third-order valence-corrected chi connectivity index (χ3v) is 9.09. The van der Waals surface area contributed by atoms with E-state index in [9.17, 15) is 18.0 Å². The number of rotatable bonds is 14. The molecule has 0 radical (unpaired) electrons. The number of sulfonamides is 1.